The Morgan fingerprint density at radius 2 is 1.94 bits per heavy atom. The lowest BCUT2D eigenvalue weighted by Gasteiger charge is -2.28. The number of carbonyl (C=O) groups is 1. The Morgan fingerprint density at radius 1 is 1.16 bits per heavy atom. The molecule has 10 heteroatoms. The van der Waals surface area contributed by atoms with E-state index in [1.54, 1.807) is 11.8 Å². The van der Waals surface area contributed by atoms with E-state index in [4.69, 9.17) is 9.72 Å². The van der Waals surface area contributed by atoms with Gasteiger partial charge < -0.3 is 20.3 Å². The van der Waals surface area contributed by atoms with Crippen LogP contribution in [-0.4, -0.2) is 52.4 Å². The predicted molar refractivity (Wildman–Crippen MR) is 122 cm³/mol. The van der Waals surface area contributed by atoms with Crippen molar-refractivity contribution in [3.8, 4) is 0 Å². The number of morpholine rings is 1. The lowest BCUT2D eigenvalue weighted by Crippen LogP contribution is -2.36. The van der Waals surface area contributed by atoms with Crippen molar-refractivity contribution in [2.45, 2.75) is 24.8 Å². The highest BCUT2D eigenvalue weighted by Gasteiger charge is 2.16. The summed E-state index contributed by atoms with van der Waals surface area (Å²) in [6.07, 6.45) is 0. The zero-order valence-corrected chi connectivity index (χ0v) is 18.3. The van der Waals surface area contributed by atoms with E-state index < -0.39 is 0 Å². The molecule has 0 radical (unpaired) electrons. The van der Waals surface area contributed by atoms with Crippen LogP contribution in [0.3, 0.4) is 0 Å². The maximum Gasteiger partial charge on any atom is 0.221 e. The van der Waals surface area contributed by atoms with Crippen LogP contribution < -0.4 is 15.5 Å². The van der Waals surface area contributed by atoms with Crippen molar-refractivity contribution in [1.29, 1.82) is 0 Å². The number of hydrogen-bond acceptors (Lipinski definition) is 8. The summed E-state index contributed by atoms with van der Waals surface area (Å²) in [6.45, 7) is 6.43. The van der Waals surface area contributed by atoms with E-state index in [1.807, 2.05) is 43.3 Å². The second-order valence-corrected chi connectivity index (χ2v) is 8.16. The fourth-order valence-electron chi connectivity index (χ4n) is 3.14. The van der Waals surface area contributed by atoms with Gasteiger partial charge in [0.05, 0.1) is 13.2 Å². The zero-order valence-electron chi connectivity index (χ0n) is 17.5. The maximum absolute atomic E-state index is 11.2. The molecule has 0 aliphatic carbocycles. The molecular weight excluding hydrogens is 414 g/mol. The number of nitrogens with one attached hydrogen (secondary N) is 3. The van der Waals surface area contributed by atoms with Crippen molar-refractivity contribution >= 4 is 40.8 Å². The number of nitrogens with zero attached hydrogens (tertiary/aromatic N) is 4. The first-order chi connectivity index (χ1) is 15.0. The summed E-state index contributed by atoms with van der Waals surface area (Å²) in [5, 5.41) is 13.9. The summed E-state index contributed by atoms with van der Waals surface area (Å²) in [6, 6.07) is 11.7. The molecular formula is C21H25N7O2S. The third kappa shape index (κ3) is 5.96. The van der Waals surface area contributed by atoms with Gasteiger partial charge in [0.1, 0.15) is 11.6 Å². The van der Waals surface area contributed by atoms with Crippen molar-refractivity contribution < 1.29 is 9.53 Å². The second-order valence-electron chi connectivity index (χ2n) is 7.22. The summed E-state index contributed by atoms with van der Waals surface area (Å²) >= 11 is 1.57. The monoisotopic (exact) mass is 439 g/mol. The highest BCUT2D eigenvalue weighted by Crippen LogP contribution is 2.27. The quantitative estimate of drug-likeness (QED) is 0.380. The van der Waals surface area contributed by atoms with E-state index in [9.17, 15) is 4.79 Å². The van der Waals surface area contributed by atoms with Gasteiger partial charge in [-0.1, -0.05) is 23.9 Å². The van der Waals surface area contributed by atoms with Crippen molar-refractivity contribution in [3.63, 3.8) is 0 Å². The van der Waals surface area contributed by atoms with Gasteiger partial charge in [-0.05, 0) is 24.6 Å². The van der Waals surface area contributed by atoms with Crippen molar-refractivity contribution in [2.24, 2.45) is 0 Å². The lowest BCUT2D eigenvalue weighted by atomic mass is 10.2. The lowest BCUT2D eigenvalue weighted by molar-refractivity contribution is -0.114. The fourth-order valence-corrected chi connectivity index (χ4v) is 3.95. The van der Waals surface area contributed by atoms with Crippen LogP contribution >= 0.6 is 11.8 Å². The van der Waals surface area contributed by atoms with Crippen LogP contribution in [0.25, 0.3) is 0 Å². The maximum atomic E-state index is 11.2. The number of thioether (sulfide) groups is 1. The molecule has 4 rings (SSSR count). The Balaban J connectivity index is 1.50. The number of aromatic nitrogens is 4. The smallest absolute Gasteiger partial charge is 0.221 e. The minimum atomic E-state index is -0.0809. The molecule has 1 amide bonds. The first-order valence-corrected chi connectivity index (χ1v) is 11.0. The Bertz CT molecular complexity index is 1030. The van der Waals surface area contributed by atoms with Gasteiger partial charge in [-0.15, -0.1) is 0 Å². The Labute approximate surface area is 185 Å². The predicted octanol–water partition coefficient (Wildman–Crippen LogP) is 3.34. The molecule has 3 N–H and O–H groups in total. The van der Waals surface area contributed by atoms with E-state index in [1.165, 1.54) is 6.92 Å². The fraction of sp³-hybridized carbons (Fsp3) is 0.333. The highest BCUT2D eigenvalue weighted by molar-refractivity contribution is 7.98. The van der Waals surface area contributed by atoms with Gasteiger partial charge in [-0.2, -0.15) is 5.10 Å². The average molecular weight is 440 g/mol. The number of ether oxygens (including phenoxy) is 1. The molecule has 0 spiro atoms. The van der Waals surface area contributed by atoms with Crippen LogP contribution in [0.15, 0.2) is 41.6 Å². The summed E-state index contributed by atoms with van der Waals surface area (Å²) in [5.41, 5.74) is 2.88. The number of amides is 1. The number of rotatable bonds is 7. The molecule has 162 valence electrons. The topological polar surface area (TPSA) is 108 Å². The normalized spacial score (nSPS) is 13.8. The van der Waals surface area contributed by atoms with Gasteiger partial charge in [0.2, 0.25) is 5.91 Å². The molecule has 1 aliphatic rings. The molecule has 0 atom stereocenters. The number of H-pyrrole nitrogens is 1. The SMILES string of the molecule is CC(=O)Nc1ccc(CSc2nc(Nc3cc(C)[nH]n3)cc(N3CCOCC3)n2)cc1. The molecule has 2 aromatic heterocycles. The van der Waals surface area contributed by atoms with Gasteiger partial charge in [0.25, 0.3) is 0 Å². The molecule has 31 heavy (non-hydrogen) atoms. The molecule has 1 fully saturated rings. The molecule has 3 aromatic rings. The molecule has 9 nitrogen and oxygen atoms in total. The first-order valence-electron chi connectivity index (χ1n) is 10.1. The van der Waals surface area contributed by atoms with Crippen molar-refractivity contribution in [1.82, 2.24) is 20.2 Å². The van der Waals surface area contributed by atoms with Crippen molar-refractivity contribution in [3.05, 3.63) is 47.7 Å². The number of hydrogen-bond donors (Lipinski definition) is 3. The van der Waals surface area contributed by atoms with Crippen molar-refractivity contribution in [2.75, 3.05) is 41.8 Å². The van der Waals surface area contributed by atoms with Gasteiger partial charge in [-0.25, -0.2) is 9.97 Å². The van der Waals surface area contributed by atoms with Crippen LogP contribution in [0.5, 0.6) is 0 Å². The summed E-state index contributed by atoms with van der Waals surface area (Å²) < 4.78 is 5.47. The molecule has 1 aliphatic heterocycles. The number of anilines is 4. The largest absolute Gasteiger partial charge is 0.378 e. The Kier molecular flexibility index (Phi) is 6.68. The van der Waals surface area contributed by atoms with Crippen LogP contribution in [0.2, 0.25) is 0 Å². The third-order valence-electron chi connectivity index (χ3n) is 4.63. The Hall–Kier alpha value is -3.11. The number of aryl methyl sites for hydroxylation is 1. The minimum Gasteiger partial charge on any atom is -0.378 e. The van der Waals surface area contributed by atoms with Crippen LogP contribution in [-0.2, 0) is 15.3 Å². The summed E-state index contributed by atoms with van der Waals surface area (Å²) in [4.78, 5) is 22.8. The Morgan fingerprint density at radius 3 is 2.61 bits per heavy atom. The van der Waals surface area contributed by atoms with Gasteiger partial charge in [0.15, 0.2) is 11.0 Å². The molecule has 0 saturated carbocycles. The molecule has 0 unspecified atom stereocenters. The van der Waals surface area contributed by atoms with Crippen LogP contribution in [0, 0.1) is 6.92 Å². The van der Waals surface area contributed by atoms with Gasteiger partial charge >= 0.3 is 0 Å². The third-order valence-corrected chi connectivity index (χ3v) is 5.55. The van der Waals surface area contributed by atoms with Crippen LogP contribution in [0.1, 0.15) is 18.2 Å². The standard InChI is InChI=1S/C21H25N7O2S/c1-14-11-19(27-26-14)23-18-12-20(28-7-9-30-10-8-28)25-21(24-18)31-13-16-3-5-17(6-4-16)22-15(2)29/h3-6,11-12H,7-10,13H2,1-2H3,(H,22,29)(H2,23,24,25,26,27). The first kappa shape index (κ1) is 21.1. The summed E-state index contributed by atoms with van der Waals surface area (Å²) in [5.74, 6) is 2.92. The number of aromatic amines is 1. The van der Waals surface area contributed by atoms with E-state index in [2.05, 4.69) is 30.7 Å². The van der Waals surface area contributed by atoms with E-state index in [0.29, 0.717) is 35.8 Å². The minimum absolute atomic E-state index is 0.0809. The van der Waals surface area contributed by atoms with Gasteiger partial charge in [0, 0.05) is 49.3 Å². The second kappa shape index (κ2) is 9.80. The van der Waals surface area contributed by atoms with E-state index >= 15 is 0 Å². The van der Waals surface area contributed by atoms with E-state index in [-0.39, 0.29) is 5.91 Å². The highest BCUT2D eigenvalue weighted by atomic mass is 32.2. The molecule has 3 heterocycles. The molecule has 0 bridgehead atoms. The van der Waals surface area contributed by atoms with E-state index in [0.717, 1.165) is 35.9 Å². The average Bonchev–Trinajstić information content (AvgIpc) is 3.18. The number of benzene rings is 1. The molecule has 1 aromatic carbocycles. The van der Waals surface area contributed by atoms with Gasteiger partial charge in [-0.3, -0.25) is 9.89 Å². The zero-order chi connectivity index (χ0) is 21.6. The summed E-state index contributed by atoms with van der Waals surface area (Å²) in [7, 11) is 0. The molecule has 1 saturated heterocycles. The number of carbonyl (C=O) groups excluding carboxylic acids is 1. The van der Waals surface area contributed by atoms with Crippen LogP contribution in [0.4, 0.5) is 23.1 Å².